The highest BCUT2D eigenvalue weighted by atomic mass is 16.5. The maximum Gasteiger partial charge on any atom is 0.274 e. The number of hydroxylamine groups is 1. The Labute approximate surface area is 167 Å². The van der Waals surface area contributed by atoms with Crippen molar-refractivity contribution in [1.29, 1.82) is 0 Å². The molecule has 2 aliphatic rings. The fraction of sp³-hybridized carbons (Fsp3) is 0.600. The zero-order valence-corrected chi connectivity index (χ0v) is 16.4. The third kappa shape index (κ3) is 3.85. The van der Waals surface area contributed by atoms with Gasteiger partial charge in [0.25, 0.3) is 5.91 Å². The van der Waals surface area contributed by atoms with Crippen LogP contribution < -0.4 is 10.2 Å². The predicted molar refractivity (Wildman–Crippen MR) is 105 cm³/mol. The van der Waals surface area contributed by atoms with Gasteiger partial charge in [0.1, 0.15) is 12.4 Å². The van der Waals surface area contributed by atoms with E-state index >= 15 is 0 Å². The number of amides is 2. The summed E-state index contributed by atoms with van der Waals surface area (Å²) in [6.07, 6.45) is 1.99. The van der Waals surface area contributed by atoms with Crippen LogP contribution in [0, 0.1) is 5.41 Å². The molecule has 28 heavy (non-hydrogen) atoms. The lowest BCUT2D eigenvalue weighted by Gasteiger charge is -2.41. The van der Waals surface area contributed by atoms with E-state index in [9.17, 15) is 9.59 Å². The molecule has 1 aromatic carbocycles. The van der Waals surface area contributed by atoms with Gasteiger partial charge in [0.2, 0.25) is 5.91 Å². The van der Waals surface area contributed by atoms with Crippen molar-refractivity contribution in [1.82, 2.24) is 10.4 Å². The summed E-state index contributed by atoms with van der Waals surface area (Å²) in [7, 11) is 1.62. The normalized spacial score (nSPS) is 21.2. The van der Waals surface area contributed by atoms with Crippen LogP contribution in [-0.2, 0) is 14.3 Å². The first kappa shape index (κ1) is 20.6. The van der Waals surface area contributed by atoms with Crippen LogP contribution in [0.25, 0.3) is 0 Å². The smallest absolute Gasteiger partial charge is 0.274 e. The zero-order chi connectivity index (χ0) is 20.1. The number of carbonyl (C=O) groups excluding carboxylic acids is 2. The topological polar surface area (TPSA) is 97.3 Å². The number of methoxy groups -OCH3 is 1. The summed E-state index contributed by atoms with van der Waals surface area (Å²) in [5.74, 6) is 0.0343. The molecular formula is C20H32N2O6. The average Bonchev–Trinajstić information content (AvgIpc) is 2.91. The van der Waals surface area contributed by atoms with Crippen LogP contribution >= 0.6 is 0 Å². The van der Waals surface area contributed by atoms with Gasteiger partial charge in [-0.25, -0.2) is 5.48 Å². The van der Waals surface area contributed by atoms with E-state index in [1.54, 1.807) is 30.8 Å². The van der Waals surface area contributed by atoms with Crippen LogP contribution in [-0.4, -0.2) is 62.0 Å². The van der Waals surface area contributed by atoms with Crippen molar-refractivity contribution in [3.05, 3.63) is 29.3 Å². The lowest BCUT2D eigenvalue weighted by atomic mass is 9.79. The third-order valence-electron chi connectivity index (χ3n) is 5.67. The van der Waals surface area contributed by atoms with Gasteiger partial charge in [0.15, 0.2) is 0 Å². The van der Waals surface area contributed by atoms with Crippen molar-refractivity contribution >= 4 is 11.8 Å². The molecule has 0 bridgehead atoms. The summed E-state index contributed by atoms with van der Waals surface area (Å²) < 4.78 is 16.8. The number of hydrogen-bond acceptors (Lipinski definition) is 6. The summed E-state index contributed by atoms with van der Waals surface area (Å²) in [5, 5.41) is 8.87. The van der Waals surface area contributed by atoms with Gasteiger partial charge in [-0.15, -0.1) is 0 Å². The van der Waals surface area contributed by atoms with Gasteiger partial charge in [0, 0.05) is 34.3 Å². The molecule has 1 atom stereocenters. The summed E-state index contributed by atoms with van der Waals surface area (Å²) in [5.41, 5.74) is 2.22. The fourth-order valence-corrected chi connectivity index (χ4v) is 4.16. The summed E-state index contributed by atoms with van der Waals surface area (Å²) in [6.45, 7) is 4.28. The molecule has 0 radical (unpaired) electrons. The van der Waals surface area contributed by atoms with Crippen molar-refractivity contribution in [3.8, 4) is 5.75 Å². The molecule has 8 heteroatoms. The average molecular weight is 396 g/mol. The minimum absolute atomic E-state index is 0. The van der Waals surface area contributed by atoms with Crippen LogP contribution in [0.5, 0.6) is 5.75 Å². The molecule has 8 nitrogen and oxygen atoms in total. The predicted octanol–water partition coefficient (Wildman–Crippen LogP) is 2.41. The molecule has 2 heterocycles. The molecule has 1 saturated heterocycles. The van der Waals surface area contributed by atoms with Gasteiger partial charge < -0.3 is 19.1 Å². The van der Waals surface area contributed by atoms with E-state index in [-0.39, 0.29) is 14.8 Å². The highest BCUT2D eigenvalue weighted by Gasteiger charge is 2.45. The molecule has 2 aliphatic heterocycles. The Morgan fingerprint density at radius 3 is 2.75 bits per heavy atom. The maximum absolute atomic E-state index is 13.7. The maximum atomic E-state index is 13.7. The minimum Gasteiger partial charge on any atom is -0.491 e. The first-order valence-electron chi connectivity index (χ1n) is 9.65. The molecule has 0 aromatic heterocycles. The molecule has 2 amide bonds. The van der Waals surface area contributed by atoms with Crippen LogP contribution in [0.3, 0.4) is 0 Å². The standard InChI is InChI=1S/C20H28N2O6.2H2/c1-3-16-15-5-4-14(18(23)21-25)12-17(15)28-11-8-22(16)19(24)20(13-26-2)6-9-27-10-7-20;;/h4-5,12,16,25H,3,6-11,13H2,1-2H3,(H,21,23);2*1H. The lowest BCUT2D eigenvalue weighted by Crippen LogP contribution is -2.51. The Morgan fingerprint density at radius 2 is 2.11 bits per heavy atom. The number of nitrogens with one attached hydrogen (secondary N) is 1. The Morgan fingerprint density at radius 1 is 1.36 bits per heavy atom. The molecule has 1 fully saturated rings. The first-order valence-corrected chi connectivity index (χ1v) is 9.65. The van der Waals surface area contributed by atoms with Crippen molar-refractivity contribution in [2.45, 2.75) is 32.2 Å². The van der Waals surface area contributed by atoms with Gasteiger partial charge in [-0.05, 0) is 31.4 Å². The summed E-state index contributed by atoms with van der Waals surface area (Å²) in [6, 6.07) is 4.88. The van der Waals surface area contributed by atoms with E-state index in [4.69, 9.17) is 19.4 Å². The Hall–Kier alpha value is -2.16. The molecule has 0 spiro atoms. The Balaban J connectivity index is 0.00000225. The number of rotatable bonds is 5. The van der Waals surface area contributed by atoms with E-state index in [1.807, 2.05) is 11.8 Å². The Bertz CT molecular complexity index is 722. The number of carbonyl (C=O) groups is 2. The Kier molecular flexibility index (Phi) is 6.53. The molecular weight excluding hydrogens is 364 g/mol. The van der Waals surface area contributed by atoms with Crippen LogP contribution in [0.4, 0.5) is 0 Å². The number of fused-ring (bicyclic) bond motifs is 1. The second kappa shape index (κ2) is 8.89. The molecule has 2 N–H and O–H groups in total. The van der Waals surface area contributed by atoms with Crippen LogP contribution in [0.1, 0.15) is 51.0 Å². The van der Waals surface area contributed by atoms with E-state index in [0.717, 1.165) is 5.56 Å². The number of hydrogen-bond donors (Lipinski definition) is 2. The summed E-state index contributed by atoms with van der Waals surface area (Å²) >= 11 is 0. The quantitative estimate of drug-likeness (QED) is 0.586. The second-order valence-corrected chi connectivity index (χ2v) is 7.29. The van der Waals surface area contributed by atoms with Crippen molar-refractivity contribution in [3.63, 3.8) is 0 Å². The first-order chi connectivity index (χ1) is 13.6. The van der Waals surface area contributed by atoms with Crippen LogP contribution in [0.15, 0.2) is 18.2 Å². The number of benzene rings is 1. The van der Waals surface area contributed by atoms with E-state index in [2.05, 4.69) is 0 Å². The molecule has 1 aromatic rings. The largest absolute Gasteiger partial charge is 0.491 e. The monoisotopic (exact) mass is 396 g/mol. The lowest BCUT2D eigenvalue weighted by molar-refractivity contribution is -0.155. The molecule has 0 saturated carbocycles. The van der Waals surface area contributed by atoms with E-state index in [0.29, 0.717) is 63.5 Å². The minimum atomic E-state index is -0.599. The van der Waals surface area contributed by atoms with Gasteiger partial charge in [-0.1, -0.05) is 13.0 Å². The number of nitrogens with zero attached hydrogens (tertiary/aromatic N) is 1. The van der Waals surface area contributed by atoms with Gasteiger partial charge in [0.05, 0.1) is 24.6 Å². The SMILES string of the molecule is CCC1c2ccc(C(=O)NO)cc2OCCN1C(=O)C1(COC)CCOCC1.[HH].[HH]. The van der Waals surface area contributed by atoms with Gasteiger partial charge in [-0.2, -0.15) is 0 Å². The van der Waals surface area contributed by atoms with Crippen molar-refractivity contribution < 1.29 is 31.9 Å². The van der Waals surface area contributed by atoms with E-state index < -0.39 is 11.3 Å². The highest BCUT2D eigenvalue weighted by Crippen LogP contribution is 2.40. The third-order valence-corrected chi connectivity index (χ3v) is 5.67. The van der Waals surface area contributed by atoms with Crippen LogP contribution in [0.2, 0.25) is 0 Å². The van der Waals surface area contributed by atoms with Gasteiger partial charge >= 0.3 is 0 Å². The highest BCUT2D eigenvalue weighted by molar-refractivity contribution is 5.94. The molecule has 0 aliphatic carbocycles. The van der Waals surface area contributed by atoms with E-state index in [1.165, 1.54) is 0 Å². The summed E-state index contributed by atoms with van der Waals surface area (Å²) in [4.78, 5) is 27.3. The molecule has 3 rings (SSSR count). The second-order valence-electron chi connectivity index (χ2n) is 7.29. The molecule has 1 unspecified atom stereocenters. The van der Waals surface area contributed by atoms with Gasteiger partial charge in [-0.3, -0.25) is 14.8 Å². The zero-order valence-electron chi connectivity index (χ0n) is 16.4. The molecule has 158 valence electrons. The number of ether oxygens (including phenoxy) is 3. The van der Waals surface area contributed by atoms with Crippen molar-refractivity contribution in [2.75, 3.05) is 40.1 Å². The fourth-order valence-electron chi connectivity index (χ4n) is 4.16. The van der Waals surface area contributed by atoms with Crippen molar-refractivity contribution in [2.24, 2.45) is 5.41 Å².